The summed E-state index contributed by atoms with van der Waals surface area (Å²) in [6.45, 7) is 4.19. The van der Waals surface area contributed by atoms with Crippen LogP contribution in [0.2, 0.25) is 0 Å². The highest BCUT2D eigenvalue weighted by Gasteiger charge is 2.32. The van der Waals surface area contributed by atoms with E-state index in [1.54, 1.807) is 4.31 Å². The van der Waals surface area contributed by atoms with Crippen LogP contribution in [0.4, 0.5) is 0 Å². The van der Waals surface area contributed by atoms with Crippen LogP contribution in [0, 0.1) is 5.92 Å². The molecule has 0 aromatic rings. The minimum atomic E-state index is -3.02. The number of piperazine rings is 1. The molecule has 6 heteroatoms. The summed E-state index contributed by atoms with van der Waals surface area (Å²) in [4.78, 5) is 0. The molecule has 1 heterocycles. The van der Waals surface area contributed by atoms with Gasteiger partial charge in [0.2, 0.25) is 10.0 Å². The van der Waals surface area contributed by atoms with Gasteiger partial charge >= 0.3 is 0 Å². The zero-order chi connectivity index (χ0) is 11.6. The predicted molar refractivity (Wildman–Crippen MR) is 72.0 cm³/mol. The van der Waals surface area contributed by atoms with E-state index in [2.05, 4.69) is 5.32 Å². The van der Waals surface area contributed by atoms with Crippen molar-refractivity contribution in [3.63, 3.8) is 0 Å². The van der Waals surface area contributed by atoms with E-state index in [1.165, 1.54) is 12.8 Å². The first-order valence-corrected chi connectivity index (χ1v) is 7.91. The third-order valence-electron chi connectivity index (χ3n) is 3.72. The smallest absolute Gasteiger partial charge is 0.214 e. The lowest BCUT2D eigenvalue weighted by Crippen LogP contribution is -2.53. The van der Waals surface area contributed by atoms with Crippen LogP contribution in [0.5, 0.6) is 0 Å². The molecule has 4 nitrogen and oxygen atoms in total. The van der Waals surface area contributed by atoms with Crippen LogP contribution in [0.25, 0.3) is 0 Å². The molecular weight excluding hydrogens is 260 g/mol. The monoisotopic (exact) mass is 282 g/mol. The van der Waals surface area contributed by atoms with E-state index in [-0.39, 0.29) is 18.4 Å². The van der Waals surface area contributed by atoms with Crippen molar-refractivity contribution in [1.29, 1.82) is 0 Å². The molecule has 0 bridgehead atoms. The average molecular weight is 283 g/mol. The fraction of sp³-hybridized carbons (Fsp3) is 1.00. The Morgan fingerprint density at radius 2 is 1.94 bits per heavy atom. The highest BCUT2D eigenvalue weighted by molar-refractivity contribution is 7.89. The Morgan fingerprint density at radius 3 is 2.53 bits per heavy atom. The Kier molecular flexibility index (Phi) is 5.70. The molecule has 1 saturated carbocycles. The molecule has 1 aliphatic heterocycles. The normalized spacial score (nSPS) is 27.9. The third kappa shape index (κ3) is 3.81. The maximum absolute atomic E-state index is 12.3. The summed E-state index contributed by atoms with van der Waals surface area (Å²) in [6, 6.07) is 0.111. The van der Waals surface area contributed by atoms with E-state index in [9.17, 15) is 8.42 Å². The SMILES string of the molecule is C[C@@H]1CNCCN1S(=O)(=O)CC1CCCC1.Cl. The van der Waals surface area contributed by atoms with Gasteiger partial charge in [0.25, 0.3) is 0 Å². The lowest BCUT2D eigenvalue weighted by Gasteiger charge is -2.33. The van der Waals surface area contributed by atoms with Crippen LogP contribution < -0.4 is 5.32 Å². The van der Waals surface area contributed by atoms with Crippen LogP contribution in [0.3, 0.4) is 0 Å². The van der Waals surface area contributed by atoms with E-state index >= 15 is 0 Å². The maximum atomic E-state index is 12.3. The van der Waals surface area contributed by atoms with Gasteiger partial charge in [0.15, 0.2) is 0 Å². The second-order valence-corrected chi connectivity index (χ2v) is 7.06. The van der Waals surface area contributed by atoms with Gasteiger partial charge in [0, 0.05) is 25.7 Å². The van der Waals surface area contributed by atoms with Gasteiger partial charge in [0.05, 0.1) is 5.75 Å². The topological polar surface area (TPSA) is 49.4 Å². The van der Waals surface area contributed by atoms with Crippen molar-refractivity contribution in [3.8, 4) is 0 Å². The number of sulfonamides is 1. The summed E-state index contributed by atoms with van der Waals surface area (Å²) in [6.07, 6.45) is 4.61. The van der Waals surface area contributed by atoms with Crippen molar-refractivity contribution in [2.45, 2.75) is 38.6 Å². The molecule has 0 spiro atoms. The molecule has 1 saturated heterocycles. The average Bonchev–Trinajstić information content (AvgIpc) is 2.70. The van der Waals surface area contributed by atoms with Gasteiger partial charge in [-0.15, -0.1) is 12.4 Å². The number of nitrogens with zero attached hydrogens (tertiary/aromatic N) is 1. The molecule has 2 aliphatic rings. The first kappa shape index (κ1) is 15.2. The number of nitrogens with one attached hydrogen (secondary N) is 1. The maximum Gasteiger partial charge on any atom is 0.214 e. The second-order valence-electron chi connectivity index (χ2n) is 5.09. The molecule has 0 amide bonds. The van der Waals surface area contributed by atoms with Crippen LogP contribution >= 0.6 is 12.4 Å². The first-order valence-electron chi connectivity index (χ1n) is 6.30. The highest BCUT2D eigenvalue weighted by Crippen LogP contribution is 2.27. The summed E-state index contributed by atoms with van der Waals surface area (Å²) in [5.41, 5.74) is 0. The van der Waals surface area contributed by atoms with Gasteiger partial charge < -0.3 is 5.32 Å². The molecule has 0 radical (unpaired) electrons. The number of hydrogen-bond donors (Lipinski definition) is 1. The molecule has 0 aromatic heterocycles. The van der Waals surface area contributed by atoms with Crippen molar-refractivity contribution >= 4 is 22.4 Å². The summed E-state index contributed by atoms with van der Waals surface area (Å²) in [5.74, 6) is 0.782. The van der Waals surface area contributed by atoms with Crippen LogP contribution in [-0.4, -0.2) is 44.2 Å². The van der Waals surface area contributed by atoms with Gasteiger partial charge in [0.1, 0.15) is 0 Å². The Bertz CT molecular complexity index is 328. The molecule has 0 unspecified atom stereocenters. The van der Waals surface area contributed by atoms with Crippen LogP contribution in [0.1, 0.15) is 32.6 Å². The van der Waals surface area contributed by atoms with Gasteiger partial charge in [-0.05, 0) is 25.7 Å². The summed E-state index contributed by atoms with van der Waals surface area (Å²) < 4.78 is 26.2. The number of halogens is 1. The fourth-order valence-corrected chi connectivity index (χ4v) is 4.92. The molecule has 17 heavy (non-hydrogen) atoms. The Hall–Kier alpha value is 0.160. The number of rotatable bonds is 3. The summed E-state index contributed by atoms with van der Waals surface area (Å²) in [7, 11) is -3.02. The molecule has 2 fully saturated rings. The van der Waals surface area contributed by atoms with Crippen molar-refractivity contribution in [3.05, 3.63) is 0 Å². The zero-order valence-electron chi connectivity index (χ0n) is 10.4. The Labute approximate surface area is 111 Å². The molecule has 1 aliphatic carbocycles. The fourth-order valence-electron chi connectivity index (χ4n) is 2.81. The second kappa shape index (κ2) is 6.36. The molecular formula is C11H23ClN2O2S. The van der Waals surface area contributed by atoms with E-state index in [0.717, 1.165) is 25.9 Å². The number of hydrogen-bond acceptors (Lipinski definition) is 3. The summed E-state index contributed by atoms with van der Waals surface area (Å²) >= 11 is 0. The van der Waals surface area contributed by atoms with E-state index in [4.69, 9.17) is 0 Å². The minimum Gasteiger partial charge on any atom is -0.314 e. The van der Waals surface area contributed by atoms with Crippen molar-refractivity contribution in [1.82, 2.24) is 9.62 Å². The Balaban J connectivity index is 0.00000144. The lowest BCUT2D eigenvalue weighted by atomic mass is 10.1. The minimum absolute atomic E-state index is 0. The van der Waals surface area contributed by atoms with Crippen molar-refractivity contribution in [2.24, 2.45) is 5.92 Å². The van der Waals surface area contributed by atoms with Gasteiger partial charge in [-0.25, -0.2) is 8.42 Å². The molecule has 0 aromatic carbocycles. The van der Waals surface area contributed by atoms with Crippen LogP contribution in [0.15, 0.2) is 0 Å². The zero-order valence-corrected chi connectivity index (χ0v) is 12.0. The van der Waals surface area contributed by atoms with Gasteiger partial charge in [-0.3, -0.25) is 0 Å². The standard InChI is InChI=1S/C11H22N2O2S.ClH/c1-10-8-12-6-7-13(10)16(14,15)9-11-4-2-3-5-11;/h10-12H,2-9H2,1H3;1H/t10-;/m1./s1. The third-order valence-corrected chi connectivity index (χ3v) is 5.87. The largest absolute Gasteiger partial charge is 0.314 e. The van der Waals surface area contributed by atoms with Crippen molar-refractivity contribution < 1.29 is 8.42 Å². The molecule has 1 atom stereocenters. The van der Waals surface area contributed by atoms with Crippen molar-refractivity contribution in [2.75, 3.05) is 25.4 Å². The van der Waals surface area contributed by atoms with E-state index in [1.807, 2.05) is 6.92 Å². The predicted octanol–water partition coefficient (Wildman–Crippen LogP) is 1.22. The first-order chi connectivity index (χ1) is 7.59. The molecule has 2 rings (SSSR count). The molecule has 1 N–H and O–H groups in total. The highest BCUT2D eigenvalue weighted by atomic mass is 35.5. The Morgan fingerprint density at radius 1 is 1.29 bits per heavy atom. The van der Waals surface area contributed by atoms with Crippen LogP contribution in [-0.2, 0) is 10.0 Å². The van der Waals surface area contributed by atoms with E-state index in [0.29, 0.717) is 18.2 Å². The quantitative estimate of drug-likeness (QED) is 0.847. The summed E-state index contributed by atoms with van der Waals surface area (Å²) in [5, 5.41) is 3.22. The lowest BCUT2D eigenvalue weighted by molar-refractivity contribution is 0.282. The van der Waals surface area contributed by atoms with E-state index < -0.39 is 10.0 Å². The van der Waals surface area contributed by atoms with Gasteiger partial charge in [-0.1, -0.05) is 12.8 Å². The molecule has 102 valence electrons. The van der Waals surface area contributed by atoms with Gasteiger partial charge in [-0.2, -0.15) is 4.31 Å².